The van der Waals surface area contributed by atoms with Crippen molar-refractivity contribution < 1.29 is 18.7 Å². The molecule has 0 N–H and O–H groups in total. The van der Waals surface area contributed by atoms with Crippen molar-refractivity contribution in [2.45, 2.75) is 37.1 Å². The molecular weight excluding hydrogens is 447 g/mol. The average Bonchev–Trinajstić information content (AvgIpc) is 2.90. The second-order valence-corrected chi connectivity index (χ2v) is 8.73. The van der Waals surface area contributed by atoms with Crippen LogP contribution in [-0.2, 0) is 16.0 Å². The Labute approximate surface area is 202 Å². The van der Waals surface area contributed by atoms with E-state index in [0.717, 1.165) is 11.1 Å². The first kappa shape index (κ1) is 22.9. The lowest BCUT2D eigenvalue weighted by Crippen LogP contribution is -2.52. The first-order valence-electron chi connectivity index (χ1n) is 11.7. The van der Waals surface area contributed by atoms with Crippen molar-refractivity contribution in [1.82, 2.24) is 4.90 Å². The molecule has 5 rings (SSSR count). The van der Waals surface area contributed by atoms with Crippen LogP contribution >= 0.6 is 0 Å². The van der Waals surface area contributed by atoms with Gasteiger partial charge in [0.2, 0.25) is 0 Å². The minimum atomic E-state index is -0.769. The summed E-state index contributed by atoms with van der Waals surface area (Å²) in [6.07, 6.45) is -0.331. The highest BCUT2D eigenvalue weighted by Crippen LogP contribution is 2.37. The van der Waals surface area contributed by atoms with Crippen molar-refractivity contribution in [3.8, 4) is 5.75 Å². The summed E-state index contributed by atoms with van der Waals surface area (Å²) in [5, 5.41) is 3.92. The Morgan fingerprint density at radius 2 is 1.80 bits per heavy atom. The molecule has 7 nitrogen and oxygen atoms in total. The number of carbonyl (C=O) groups excluding carboxylic acids is 1. The Bertz CT molecular complexity index is 1230. The van der Waals surface area contributed by atoms with Crippen LogP contribution in [0, 0.1) is 5.82 Å². The van der Waals surface area contributed by atoms with Gasteiger partial charge in [0.1, 0.15) is 23.8 Å². The van der Waals surface area contributed by atoms with Crippen LogP contribution < -0.4 is 4.74 Å². The van der Waals surface area contributed by atoms with Crippen LogP contribution in [0.5, 0.6) is 5.75 Å². The maximum absolute atomic E-state index is 13.8. The van der Waals surface area contributed by atoms with Crippen molar-refractivity contribution in [2.24, 2.45) is 5.11 Å². The average molecular weight is 473 g/mol. The highest BCUT2D eigenvalue weighted by atomic mass is 19.1. The number of hydrogen-bond acceptors (Lipinski definition) is 4. The van der Waals surface area contributed by atoms with Gasteiger partial charge in [-0.2, -0.15) is 0 Å². The van der Waals surface area contributed by atoms with Gasteiger partial charge in [-0.25, -0.2) is 4.39 Å². The number of carbonyl (C=O) groups is 1. The largest absolute Gasteiger partial charge is 0.488 e. The Kier molecular flexibility index (Phi) is 6.66. The normalized spacial score (nSPS) is 23.6. The summed E-state index contributed by atoms with van der Waals surface area (Å²) in [4.78, 5) is 18.6. The summed E-state index contributed by atoms with van der Waals surface area (Å²) in [7, 11) is 0. The van der Waals surface area contributed by atoms with Gasteiger partial charge in [0.25, 0.3) is 5.91 Å². The molecule has 1 unspecified atom stereocenters. The van der Waals surface area contributed by atoms with Gasteiger partial charge < -0.3 is 14.4 Å². The van der Waals surface area contributed by atoms with Crippen LogP contribution in [0.4, 0.5) is 4.39 Å². The molecule has 8 heteroatoms. The highest BCUT2D eigenvalue weighted by molar-refractivity contribution is 5.82. The molecule has 1 saturated heterocycles. The summed E-state index contributed by atoms with van der Waals surface area (Å²) in [5.74, 6) is 0.145. The number of azide groups is 1. The van der Waals surface area contributed by atoms with Gasteiger partial charge in [-0.05, 0) is 59.3 Å². The van der Waals surface area contributed by atoms with Gasteiger partial charge in [0.05, 0.1) is 18.7 Å². The zero-order valence-corrected chi connectivity index (χ0v) is 19.0. The number of ether oxygens (including phenoxy) is 2. The van der Waals surface area contributed by atoms with Crippen molar-refractivity contribution in [1.29, 1.82) is 0 Å². The molecule has 0 radical (unpaired) electrons. The zero-order valence-electron chi connectivity index (χ0n) is 19.0. The second-order valence-electron chi connectivity index (χ2n) is 8.73. The molecule has 0 saturated carbocycles. The number of halogens is 1. The summed E-state index contributed by atoms with van der Waals surface area (Å²) in [6.45, 7) is 0.633. The molecular formula is C27H25FN4O3. The maximum atomic E-state index is 13.8. The predicted molar refractivity (Wildman–Crippen MR) is 128 cm³/mol. The standard InChI is InChI=1S/C27H25FN4O3/c28-20-12-10-19(11-13-20)26-22-9-5-4-6-18(22)14-15-32(26)27(33)24-16-23(30-31-29)25(17-34-24)35-21-7-2-1-3-8-21/h1-13,23-26H,14-17H2/t23?,24-,25+,26+/m1/s1. The Morgan fingerprint density at radius 1 is 1.06 bits per heavy atom. The molecule has 0 spiro atoms. The van der Waals surface area contributed by atoms with E-state index in [1.807, 2.05) is 48.5 Å². The van der Waals surface area contributed by atoms with Crippen molar-refractivity contribution in [3.63, 3.8) is 0 Å². The predicted octanol–water partition coefficient (Wildman–Crippen LogP) is 5.22. The van der Waals surface area contributed by atoms with E-state index in [0.29, 0.717) is 18.7 Å². The fourth-order valence-corrected chi connectivity index (χ4v) is 4.90. The van der Waals surface area contributed by atoms with Gasteiger partial charge in [-0.15, -0.1) is 0 Å². The molecule has 2 heterocycles. The van der Waals surface area contributed by atoms with Crippen LogP contribution in [0.25, 0.3) is 10.4 Å². The van der Waals surface area contributed by atoms with E-state index in [2.05, 4.69) is 16.1 Å². The Morgan fingerprint density at radius 3 is 2.57 bits per heavy atom. The lowest BCUT2D eigenvalue weighted by atomic mass is 9.87. The molecule has 4 atom stereocenters. The van der Waals surface area contributed by atoms with Crippen molar-refractivity contribution in [3.05, 3.63) is 112 Å². The first-order valence-corrected chi connectivity index (χ1v) is 11.7. The summed E-state index contributed by atoms with van der Waals surface area (Å²) >= 11 is 0. The molecule has 0 bridgehead atoms. The van der Waals surface area contributed by atoms with Crippen LogP contribution in [0.3, 0.4) is 0 Å². The minimum absolute atomic E-state index is 0.126. The zero-order chi connectivity index (χ0) is 24.2. The van der Waals surface area contributed by atoms with Gasteiger partial charge in [-0.1, -0.05) is 59.7 Å². The molecule has 0 aliphatic carbocycles. The number of hydrogen-bond donors (Lipinski definition) is 0. The molecule has 1 amide bonds. The van der Waals surface area contributed by atoms with Gasteiger partial charge in [0.15, 0.2) is 0 Å². The van der Waals surface area contributed by atoms with E-state index in [9.17, 15) is 9.18 Å². The molecule has 35 heavy (non-hydrogen) atoms. The molecule has 3 aromatic rings. The molecule has 2 aliphatic rings. The number of benzene rings is 3. The summed E-state index contributed by atoms with van der Waals surface area (Å²) < 4.78 is 25.6. The number of fused-ring (bicyclic) bond motifs is 1. The van der Waals surface area contributed by atoms with Gasteiger partial charge in [0, 0.05) is 11.5 Å². The fourth-order valence-electron chi connectivity index (χ4n) is 4.90. The number of amides is 1. The van der Waals surface area contributed by atoms with E-state index < -0.39 is 18.2 Å². The van der Waals surface area contributed by atoms with Crippen molar-refractivity contribution >= 4 is 5.91 Å². The quantitative estimate of drug-likeness (QED) is 0.290. The van der Waals surface area contributed by atoms with Crippen LogP contribution in [0.15, 0.2) is 84.0 Å². The SMILES string of the molecule is [N-]=[N+]=NC1C[C@H](C(=O)N2CCc3ccccc3[C@@H]2c2ccc(F)cc2)OC[C@@H]1Oc1ccccc1. The van der Waals surface area contributed by atoms with Crippen molar-refractivity contribution in [2.75, 3.05) is 13.2 Å². The third-order valence-electron chi connectivity index (χ3n) is 6.60. The Hall–Kier alpha value is -3.87. The maximum Gasteiger partial charge on any atom is 0.252 e. The van der Waals surface area contributed by atoms with E-state index >= 15 is 0 Å². The van der Waals surface area contributed by atoms with Crippen LogP contribution in [0.2, 0.25) is 0 Å². The topological polar surface area (TPSA) is 87.5 Å². The monoisotopic (exact) mass is 472 g/mol. The smallest absolute Gasteiger partial charge is 0.252 e. The van der Waals surface area contributed by atoms with Gasteiger partial charge >= 0.3 is 0 Å². The van der Waals surface area contributed by atoms with Gasteiger partial charge in [-0.3, -0.25) is 4.79 Å². The number of nitrogens with zero attached hydrogens (tertiary/aromatic N) is 4. The molecule has 2 aliphatic heterocycles. The lowest BCUT2D eigenvalue weighted by Gasteiger charge is -2.41. The minimum Gasteiger partial charge on any atom is -0.488 e. The molecule has 1 fully saturated rings. The molecule has 0 aromatic heterocycles. The first-order chi connectivity index (χ1) is 17.1. The Balaban J connectivity index is 1.39. The van der Waals surface area contributed by atoms with E-state index in [4.69, 9.17) is 15.0 Å². The van der Waals surface area contributed by atoms with E-state index in [-0.39, 0.29) is 30.8 Å². The van der Waals surface area contributed by atoms with E-state index in [1.54, 1.807) is 17.0 Å². The lowest BCUT2D eigenvalue weighted by molar-refractivity contribution is -0.153. The molecule has 3 aromatic carbocycles. The molecule has 178 valence electrons. The van der Waals surface area contributed by atoms with E-state index in [1.165, 1.54) is 17.7 Å². The van der Waals surface area contributed by atoms with Crippen LogP contribution in [0.1, 0.15) is 29.2 Å². The fraction of sp³-hybridized carbons (Fsp3) is 0.296. The highest BCUT2D eigenvalue weighted by Gasteiger charge is 2.41. The third kappa shape index (κ3) is 4.85. The third-order valence-corrected chi connectivity index (χ3v) is 6.60. The number of rotatable bonds is 5. The summed E-state index contributed by atoms with van der Waals surface area (Å²) in [5.41, 5.74) is 12.2. The van der Waals surface area contributed by atoms with Crippen LogP contribution in [-0.4, -0.2) is 42.2 Å². The second kappa shape index (κ2) is 10.2. The number of para-hydroxylation sites is 1. The summed E-state index contributed by atoms with van der Waals surface area (Å²) in [6, 6.07) is 22.6.